The molecule has 2 nitrogen and oxygen atoms in total. The molecule has 0 rings (SSSR count). The van der Waals surface area contributed by atoms with Gasteiger partial charge in [0, 0.05) is 6.04 Å². The van der Waals surface area contributed by atoms with Crippen LogP contribution in [0.1, 0.15) is 19.8 Å². The number of aliphatic hydroxyl groups excluding tert-OH is 1. The van der Waals surface area contributed by atoms with E-state index in [9.17, 15) is 0 Å². The van der Waals surface area contributed by atoms with Gasteiger partial charge in [0.2, 0.25) is 0 Å². The first-order valence-electron chi connectivity index (χ1n) is 4.14. The van der Waals surface area contributed by atoms with Crippen molar-refractivity contribution in [3.05, 3.63) is 0 Å². The molecule has 0 radical (unpaired) electrons. The maximum Gasteiger partial charge on any atom is 0.0581 e. The SMILES string of the molecule is CSCCCCNC(C)CO. The van der Waals surface area contributed by atoms with Gasteiger partial charge < -0.3 is 10.4 Å². The van der Waals surface area contributed by atoms with E-state index in [1.54, 1.807) is 0 Å². The molecule has 68 valence electrons. The molecule has 1 unspecified atom stereocenters. The van der Waals surface area contributed by atoms with Crippen molar-refractivity contribution in [2.75, 3.05) is 25.2 Å². The minimum absolute atomic E-state index is 0.239. The molecule has 0 aliphatic carbocycles. The zero-order chi connectivity index (χ0) is 8.53. The second-order valence-electron chi connectivity index (χ2n) is 2.74. The minimum Gasteiger partial charge on any atom is -0.395 e. The van der Waals surface area contributed by atoms with Gasteiger partial charge in [-0.15, -0.1) is 0 Å². The van der Waals surface area contributed by atoms with Gasteiger partial charge in [-0.1, -0.05) is 0 Å². The molecule has 0 saturated heterocycles. The summed E-state index contributed by atoms with van der Waals surface area (Å²) in [5.41, 5.74) is 0. The van der Waals surface area contributed by atoms with Gasteiger partial charge in [0.25, 0.3) is 0 Å². The quantitative estimate of drug-likeness (QED) is 0.571. The van der Waals surface area contributed by atoms with E-state index < -0.39 is 0 Å². The lowest BCUT2D eigenvalue weighted by Gasteiger charge is -2.09. The van der Waals surface area contributed by atoms with Gasteiger partial charge in [-0.05, 0) is 38.3 Å². The standard InChI is InChI=1S/C8H19NOS/c1-8(7-10)9-5-3-4-6-11-2/h8-10H,3-7H2,1-2H3. The normalized spacial score (nSPS) is 13.4. The lowest BCUT2D eigenvalue weighted by molar-refractivity contribution is 0.251. The van der Waals surface area contributed by atoms with Crippen LogP contribution in [-0.2, 0) is 0 Å². The van der Waals surface area contributed by atoms with Gasteiger partial charge in [0.05, 0.1) is 6.61 Å². The fraction of sp³-hybridized carbons (Fsp3) is 1.00. The molecule has 0 aromatic rings. The van der Waals surface area contributed by atoms with Crippen molar-refractivity contribution in [1.29, 1.82) is 0 Å². The number of aliphatic hydroxyl groups is 1. The van der Waals surface area contributed by atoms with Crippen LogP contribution >= 0.6 is 11.8 Å². The number of rotatable bonds is 7. The Morgan fingerprint density at radius 3 is 2.73 bits per heavy atom. The van der Waals surface area contributed by atoms with E-state index in [1.807, 2.05) is 18.7 Å². The summed E-state index contributed by atoms with van der Waals surface area (Å²) in [6, 6.07) is 0.254. The molecule has 0 spiro atoms. The third kappa shape index (κ3) is 8.17. The third-order valence-corrected chi connectivity index (χ3v) is 2.24. The van der Waals surface area contributed by atoms with Crippen LogP contribution in [0.15, 0.2) is 0 Å². The third-order valence-electron chi connectivity index (χ3n) is 1.54. The van der Waals surface area contributed by atoms with Crippen molar-refractivity contribution in [1.82, 2.24) is 5.32 Å². The van der Waals surface area contributed by atoms with Crippen molar-refractivity contribution < 1.29 is 5.11 Å². The van der Waals surface area contributed by atoms with Crippen molar-refractivity contribution in [2.24, 2.45) is 0 Å². The summed E-state index contributed by atoms with van der Waals surface area (Å²) in [4.78, 5) is 0. The van der Waals surface area contributed by atoms with Crippen LogP contribution in [-0.4, -0.2) is 36.3 Å². The van der Waals surface area contributed by atoms with E-state index in [-0.39, 0.29) is 12.6 Å². The van der Waals surface area contributed by atoms with Crippen LogP contribution in [0.4, 0.5) is 0 Å². The first-order valence-corrected chi connectivity index (χ1v) is 5.53. The van der Waals surface area contributed by atoms with E-state index >= 15 is 0 Å². The maximum absolute atomic E-state index is 8.67. The predicted octanol–water partition coefficient (Wildman–Crippen LogP) is 1.10. The topological polar surface area (TPSA) is 32.3 Å². The van der Waals surface area contributed by atoms with Gasteiger partial charge >= 0.3 is 0 Å². The molecule has 0 aliphatic rings. The Morgan fingerprint density at radius 2 is 2.18 bits per heavy atom. The van der Waals surface area contributed by atoms with Crippen molar-refractivity contribution in [3.63, 3.8) is 0 Å². The van der Waals surface area contributed by atoms with Gasteiger partial charge in [-0.3, -0.25) is 0 Å². The summed E-state index contributed by atoms with van der Waals surface area (Å²) in [7, 11) is 0. The van der Waals surface area contributed by atoms with Crippen LogP contribution in [0, 0.1) is 0 Å². The van der Waals surface area contributed by atoms with E-state index in [0.717, 1.165) is 6.54 Å². The first kappa shape index (κ1) is 11.3. The minimum atomic E-state index is 0.239. The summed E-state index contributed by atoms with van der Waals surface area (Å²) in [6.45, 7) is 3.26. The number of thioether (sulfide) groups is 1. The highest BCUT2D eigenvalue weighted by Crippen LogP contribution is 1.97. The van der Waals surface area contributed by atoms with Crippen LogP contribution in [0.2, 0.25) is 0 Å². The summed E-state index contributed by atoms with van der Waals surface area (Å²) >= 11 is 1.89. The number of hydrogen-bond donors (Lipinski definition) is 2. The zero-order valence-corrected chi connectivity index (χ0v) is 8.28. The maximum atomic E-state index is 8.67. The summed E-state index contributed by atoms with van der Waals surface area (Å²) < 4.78 is 0. The molecular weight excluding hydrogens is 158 g/mol. The van der Waals surface area contributed by atoms with E-state index in [0.29, 0.717) is 0 Å². The van der Waals surface area contributed by atoms with E-state index in [4.69, 9.17) is 5.11 Å². The number of nitrogens with one attached hydrogen (secondary N) is 1. The molecule has 0 heterocycles. The van der Waals surface area contributed by atoms with Crippen LogP contribution in [0.25, 0.3) is 0 Å². The molecule has 0 amide bonds. The zero-order valence-electron chi connectivity index (χ0n) is 7.47. The van der Waals surface area contributed by atoms with Crippen LogP contribution < -0.4 is 5.32 Å². The van der Waals surface area contributed by atoms with E-state index in [1.165, 1.54) is 18.6 Å². The molecule has 0 bridgehead atoms. The number of unbranched alkanes of at least 4 members (excludes halogenated alkanes) is 1. The average molecular weight is 177 g/mol. The predicted molar refractivity (Wildman–Crippen MR) is 52.2 cm³/mol. The molecule has 0 fully saturated rings. The first-order chi connectivity index (χ1) is 5.31. The Hall–Kier alpha value is 0.270. The molecule has 0 aromatic heterocycles. The molecule has 0 aromatic carbocycles. The van der Waals surface area contributed by atoms with Gasteiger partial charge in [0.15, 0.2) is 0 Å². The van der Waals surface area contributed by atoms with Crippen molar-refractivity contribution >= 4 is 11.8 Å². The van der Waals surface area contributed by atoms with Gasteiger partial charge in [0.1, 0.15) is 0 Å². The molecule has 0 aliphatic heterocycles. The number of hydrogen-bond acceptors (Lipinski definition) is 3. The van der Waals surface area contributed by atoms with Gasteiger partial charge in [-0.25, -0.2) is 0 Å². The van der Waals surface area contributed by atoms with Crippen LogP contribution in [0.3, 0.4) is 0 Å². The molecule has 11 heavy (non-hydrogen) atoms. The van der Waals surface area contributed by atoms with Crippen molar-refractivity contribution in [2.45, 2.75) is 25.8 Å². The van der Waals surface area contributed by atoms with E-state index in [2.05, 4.69) is 11.6 Å². The Balaban J connectivity index is 2.89. The summed E-state index contributed by atoms with van der Waals surface area (Å²) in [6.07, 6.45) is 4.61. The highest BCUT2D eigenvalue weighted by Gasteiger charge is 1.95. The fourth-order valence-electron chi connectivity index (χ4n) is 0.784. The summed E-state index contributed by atoms with van der Waals surface area (Å²) in [5.74, 6) is 1.25. The Bertz CT molecular complexity index is 80.5. The lowest BCUT2D eigenvalue weighted by Crippen LogP contribution is -2.30. The van der Waals surface area contributed by atoms with Crippen LogP contribution in [0.5, 0.6) is 0 Å². The van der Waals surface area contributed by atoms with Gasteiger partial charge in [-0.2, -0.15) is 11.8 Å². The molecular formula is C8H19NOS. The second-order valence-corrected chi connectivity index (χ2v) is 3.72. The molecule has 1 atom stereocenters. The largest absolute Gasteiger partial charge is 0.395 e. The Morgan fingerprint density at radius 1 is 1.45 bits per heavy atom. The smallest absolute Gasteiger partial charge is 0.0581 e. The second kappa shape index (κ2) is 8.37. The fourth-order valence-corrected chi connectivity index (χ4v) is 1.28. The highest BCUT2D eigenvalue weighted by molar-refractivity contribution is 7.98. The lowest BCUT2D eigenvalue weighted by atomic mass is 10.3. The Kier molecular flexibility index (Phi) is 8.57. The Labute approximate surface area is 73.8 Å². The highest BCUT2D eigenvalue weighted by atomic mass is 32.2. The van der Waals surface area contributed by atoms with Crippen molar-refractivity contribution in [3.8, 4) is 0 Å². The average Bonchev–Trinajstić information content (AvgIpc) is 2.04. The summed E-state index contributed by atoms with van der Waals surface area (Å²) in [5, 5.41) is 11.9. The molecule has 0 saturated carbocycles. The monoisotopic (exact) mass is 177 g/mol. The molecule has 3 heteroatoms. The molecule has 2 N–H and O–H groups in total.